The Morgan fingerprint density at radius 1 is 1.35 bits per heavy atom. The third-order valence-electron chi connectivity index (χ3n) is 3.46. The van der Waals surface area contributed by atoms with Crippen LogP contribution in [0, 0.1) is 0 Å². The summed E-state index contributed by atoms with van der Waals surface area (Å²) in [4.78, 5) is 14.4. The molecule has 1 aliphatic rings. The molecule has 1 atom stereocenters. The predicted molar refractivity (Wildman–Crippen MR) is 91.9 cm³/mol. The van der Waals surface area contributed by atoms with Gasteiger partial charge >= 0.3 is 0 Å². The highest BCUT2D eigenvalue weighted by atomic mass is 32.2. The molecular formula is C15H27N5O2S. The van der Waals surface area contributed by atoms with Crippen LogP contribution in [0.5, 0.6) is 0 Å². The van der Waals surface area contributed by atoms with Crippen molar-refractivity contribution in [2.24, 2.45) is 0 Å². The molecule has 1 saturated heterocycles. The SMILES string of the molecule is CCn1c(S[C@@H](C)C(=O)NC(C)(C)C)nnc1N1CCOCC1. The van der Waals surface area contributed by atoms with E-state index in [1.54, 1.807) is 0 Å². The summed E-state index contributed by atoms with van der Waals surface area (Å²) >= 11 is 1.45. The fourth-order valence-electron chi connectivity index (χ4n) is 2.33. The van der Waals surface area contributed by atoms with Crippen molar-refractivity contribution in [1.29, 1.82) is 0 Å². The second-order valence-corrected chi connectivity index (χ2v) is 7.93. The second kappa shape index (κ2) is 7.53. The largest absolute Gasteiger partial charge is 0.378 e. The van der Waals surface area contributed by atoms with Gasteiger partial charge in [-0.1, -0.05) is 11.8 Å². The first kappa shape index (κ1) is 18.1. The van der Waals surface area contributed by atoms with E-state index in [1.165, 1.54) is 11.8 Å². The minimum atomic E-state index is -0.233. The maximum Gasteiger partial charge on any atom is 0.233 e. The molecular weight excluding hydrogens is 314 g/mol. The van der Waals surface area contributed by atoms with Gasteiger partial charge in [0.25, 0.3) is 0 Å². The number of aromatic nitrogens is 3. The van der Waals surface area contributed by atoms with Crippen molar-refractivity contribution in [2.45, 2.75) is 57.1 Å². The lowest BCUT2D eigenvalue weighted by Gasteiger charge is -2.27. The molecule has 0 unspecified atom stereocenters. The number of ether oxygens (including phenoxy) is 1. The lowest BCUT2D eigenvalue weighted by molar-refractivity contribution is -0.121. The van der Waals surface area contributed by atoms with Gasteiger partial charge in [0, 0.05) is 25.2 Å². The van der Waals surface area contributed by atoms with E-state index in [0.717, 1.165) is 30.7 Å². The van der Waals surface area contributed by atoms with Crippen LogP contribution < -0.4 is 10.2 Å². The van der Waals surface area contributed by atoms with Gasteiger partial charge in [0.1, 0.15) is 0 Å². The van der Waals surface area contributed by atoms with Gasteiger partial charge in [-0.05, 0) is 34.6 Å². The van der Waals surface area contributed by atoms with Gasteiger partial charge in [0.15, 0.2) is 5.16 Å². The molecule has 1 amide bonds. The highest BCUT2D eigenvalue weighted by Crippen LogP contribution is 2.26. The van der Waals surface area contributed by atoms with Gasteiger partial charge in [-0.25, -0.2) is 0 Å². The van der Waals surface area contributed by atoms with Gasteiger partial charge in [-0.3, -0.25) is 9.36 Å². The topological polar surface area (TPSA) is 72.3 Å². The van der Waals surface area contributed by atoms with E-state index >= 15 is 0 Å². The average molecular weight is 341 g/mol. The fraction of sp³-hybridized carbons (Fsp3) is 0.800. The van der Waals surface area contributed by atoms with Crippen LogP contribution in [-0.2, 0) is 16.1 Å². The molecule has 2 heterocycles. The second-order valence-electron chi connectivity index (χ2n) is 6.63. The molecule has 1 fully saturated rings. The molecule has 1 aromatic rings. The Balaban J connectivity index is 2.08. The Bertz CT molecular complexity index is 534. The van der Waals surface area contributed by atoms with Crippen LogP contribution in [0.25, 0.3) is 0 Å². The van der Waals surface area contributed by atoms with E-state index in [-0.39, 0.29) is 16.7 Å². The molecule has 2 rings (SSSR count). The van der Waals surface area contributed by atoms with Crippen LogP contribution in [-0.4, -0.2) is 57.8 Å². The van der Waals surface area contributed by atoms with Crippen LogP contribution in [0.1, 0.15) is 34.6 Å². The van der Waals surface area contributed by atoms with Gasteiger partial charge in [0.2, 0.25) is 11.9 Å². The molecule has 0 bridgehead atoms. The van der Waals surface area contributed by atoms with E-state index in [0.29, 0.717) is 13.2 Å². The number of amides is 1. The molecule has 7 nitrogen and oxygen atoms in total. The van der Waals surface area contributed by atoms with Crippen molar-refractivity contribution >= 4 is 23.6 Å². The van der Waals surface area contributed by atoms with Crippen molar-refractivity contribution in [3.05, 3.63) is 0 Å². The number of hydrogen-bond donors (Lipinski definition) is 1. The average Bonchev–Trinajstić information content (AvgIpc) is 2.89. The van der Waals surface area contributed by atoms with Crippen LogP contribution in [0.15, 0.2) is 5.16 Å². The summed E-state index contributed by atoms with van der Waals surface area (Å²) in [6, 6.07) is 0. The molecule has 8 heteroatoms. The quantitative estimate of drug-likeness (QED) is 0.819. The first-order valence-corrected chi connectivity index (χ1v) is 8.94. The van der Waals surface area contributed by atoms with E-state index in [4.69, 9.17) is 4.74 Å². The Morgan fingerprint density at radius 3 is 2.57 bits per heavy atom. The highest BCUT2D eigenvalue weighted by Gasteiger charge is 2.24. The van der Waals surface area contributed by atoms with E-state index in [9.17, 15) is 4.79 Å². The third-order valence-corrected chi connectivity index (χ3v) is 4.54. The normalized spacial score (nSPS) is 17.2. The monoisotopic (exact) mass is 341 g/mol. The zero-order valence-electron chi connectivity index (χ0n) is 14.6. The number of anilines is 1. The first-order chi connectivity index (χ1) is 10.8. The lowest BCUT2D eigenvalue weighted by atomic mass is 10.1. The predicted octanol–water partition coefficient (Wildman–Crippen LogP) is 1.53. The van der Waals surface area contributed by atoms with Crippen molar-refractivity contribution < 1.29 is 9.53 Å². The van der Waals surface area contributed by atoms with Crippen LogP contribution >= 0.6 is 11.8 Å². The number of nitrogens with zero attached hydrogens (tertiary/aromatic N) is 4. The number of carbonyl (C=O) groups is 1. The molecule has 1 aliphatic heterocycles. The van der Waals surface area contributed by atoms with Crippen LogP contribution in [0.2, 0.25) is 0 Å². The summed E-state index contributed by atoms with van der Waals surface area (Å²) in [5, 5.41) is 12.2. The highest BCUT2D eigenvalue weighted by molar-refractivity contribution is 8.00. The van der Waals surface area contributed by atoms with E-state index < -0.39 is 0 Å². The number of carbonyl (C=O) groups excluding carboxylic acids is 1. The fourth-order valence-corrected chi connectivity index (χ4v) is 3.23. The summed E-state index contributed by atoms with van der Waals surface area (Å²) in [5.74, 6) is 0.878. The molecule has 23 heavy (non-hydrogen) atoms. The summed E-state index contributed by atoms with van der Waals surface area (Å²) in [6.07, 6.45) is 0. The number of nitrogens with one attached hydrogen (secondary N) is 1. The van der Waals surface area contributed by atoms with Crippen molar-refractivity contribution in [3.63, 3.8) is 0 Å². The van der Waals surface area contributed by atoms with Gasteiger partial charge in [-0.15, -0.1) is 10.2 Å². The molecule has 0 aliphatic carbocycles. The summed E-state index contributed by atoms with van der Waals surface area (Å²) in [7, 11) is 0. The Kier molecular flexibility index (Phi) is 5.91. The summed E-state index contributed by atoms with van der Waals surface area (Å²) in [5.41, 5.74) is -0.233. The Labute approximate surface area is 142 Å². The zero-order chi connectivity index (χ0) is 17.0. The Hall–Kier alpha value is -1.28. The number of morpholine rings is 1. The minimum absolute atomic E-state index is 0.0149. The van der Waals surface area contributed by atoms with Crippen LogP contribution in [0.4, 0.5) is 5.95 Å². The van der Waals surface area contributed by atoms with Crippen LogP contribution in [0.3, 0.4) is 0 Å². The molecule has 1 aromatic heterocycles. The standard InChI is InChI=1S/C15H27N5O2S/c1-6-20-13(19-7-9-22-10-8-19)17-18-14(20)23-11(2)12(21)16-15(3,4)5/h11H,6-10H2,1-5H3,(H,16,21)/t11-/m0/s1. The molecule has 0 spiro atoms. The lowest BCUT2D eigenvalue weighted by Crippen LogP contribution is -2.44. The number of thioether (sulfide) groups is 1. The molecule has 1 N–H and O–H groups in total. The maximum atomic E-state index is 12.3. The molecule has 0 saturated carbocycles. The summed E-state index contributed by atoms with van der Waals surface area (Å²) in [6.45, 7) is 13.7. The molecule has 130 valence electrons. The number of hydrogen-bond acceptors (Lipinski definition) is 6. The molecule has 0 radical (unpaired) electrons. The Morgan fingerprint density at radius 2 is 2.00 bits per heavy atom. The third kappa shape index (κ3) is 4.84. The summed E-state index contributed by atoms with van der Waals surface area (Å²) < 4.78 is 7.45. The molecule has 0 aromatic carbocycles. The van der Waals surface area contributed by atoms with E-state index in [1.807, 2.05) is 27.7 Å². The van der Waals surface area contributed by atoms with Gasteiger partial charge < -0.3 is 15.0 Å². The smallest absolute Gasteiger partial charge is 0.233 e. The van der Waals surface area contributed by atoms with E-state index in [2.05, 4.69) is 31.9 Å². The maximum absolute atomic E-state index is 12.3. The number of rotatable bonds is 5. The van der Waals surface area contributed by atoms with Crippen molar-refractivity contribution in [3.8, 4) is 0 Å². The van der Waals surface area contributed by atoms with Crippen molar-refractivity contribution in [2.75, 3.05) is 31.2 Å². The minimum Gasteiger partial charge on any atom is -0.378 e. The van der Waals surface area contributed by atoms with Gasteiger partial charge in [0.05, 0.1) is 18.5 Å². The first-order valence-electron chi connectivity index (χ1n) is 8.06. The van der Waals surface area contributed by atoms with Crippen molar-refractivity contribution in [1.82, 2.24) is 20.1 Å². The van der Waals surface area contributed by atoms with Gasteiger partial charge in [-0.2, -0.15) is 0 Å². The zero-order valence-corrected chi connectivity index (χ0v) is 15.4.